The lowest BCUT2D eigenvalue weighted by molar-refractivity contribution is -0.121. The first-order valence-corrected chi connectivity index (χ1v) is 7.92. The molecule has 0 bridgehead atoms. The molecular weight excluding hydrogens is 344 g/mol. The van der Waals surface area contributed by atoms with Gasteiger partial charge in [0.25, 0.3) is 0 Å². The van der Waals surface area contributed by atoms with Gasteiger partial charge < -0.3 is 19.5 Å². The molecule has 2 aromatic rings. The smallest absolute Gasteiger partial charge is 0.224 e. The van der Waals surface area contributed by atoms with E-state index in [1.165, 1.54) is 27.4 Å². The number of benzene rings is 2. The van der Waals surface area contributed by atoms with Crippen molar-refractivity contribution in [3.05, 3.63) is 53.1 Å². The molecule has 2 aromatic carbocycles. The largest absolute Gasteiger partial charge is 0.493 e. The number of nitrogens with one attached hydrogen (secondary N) is 1. The summed E-state index contributed by atoms with van der Waals surface area (Å²) in [6.45, 7) is 1.63. The van der Waals surface area contributed by atoms with Crippen molar-refractivity contribution in [3.8, 4) is 17.2 Å². The summed E-state index contributed by atoms with van der Waals surface area (Å²) in [7, 11) is 4.47. The van der Waals surface area contributed by atoms with Gasteiger partial charge in [0.1, 0.15) is 11.6 Å². The second-order valence-corrected chi connectivity index (χ2v) is 5.67. The van der Waals surface area contributed by atoms with E-state index in [0.717, 1.165) is 12.1 Å². The molecule has 0 saturated carbocycles. The Hall–Kier alpha value is -2.83. The quantitative estimate of drug-likeness (QED) is 0.817. The fraction of sp³-hybridized carbons (Fsp3) is 0.316. The van der Waals surface area contributed by atoms with Gasteiger partial charge in [0.15, 0.2) is 11.5 Å². The molecule has 0 radical (unpaired) electrons. The summed E-state index contributed by atoms with van der Waals surface area (Å²) in [6.07, 6.45) is 0.0316. The molecule has 1 atom stereocenters. The highest BCUT2D eigenvalue weighted by Crippen LogP contribution is 2.38. The van der Waals surface area contributed by atoms with Gasteiger partial charge in [0.2, 0.25) is 11.7 Å². The SMILES string of the molecule is COc1cc(CC(=O)NC(C)c2ccc(F)cc2F)cc(OC)c1OC. The predicted octanol–water partition coefficient (Wildman–Crippen LogP) is 3.41. The summed E-state index contributed by atoms with van der Waals surface area (Å²) >= 11 is 0. The zero-order chi connectivity index (χ0) is 19.3. The first-order chi connectivity index (χ1) is 12.4. The van der Waals surface area contributed by atoms with Gasteiger partial charge in [-0.3, -0.25) is 4.79 Å². The van der Waals surface area contributed by atoms with Crippen LogP contribution >= 0.6 is 0 Å². The van der Waals surface area contributed by atoms with Gasteiger partial charge in [-0.15, -0.1) is 0 Å². The van der Waals surface area contributed by atoms with E-state index in [2.05, 4.69) is 5.32 Å². The molecule has 140 valence electrons. The molecule has 5 nitrogen and oxygen atoms in total. The van der Waals surface area contributed by atoms with Gasteiger partial charge in [-0.1, -0.05) is 6.07 Å². The van der Waals surface area contributed by atoms with Crippen molar-refractivity contribution in [3.63, 3.8) is 0 Å². The number of carbonyl (C=O) groups is 1. The Morgan fingerprint density at radius 1 is 1.04 bits per heavy atom. The molecule has 0 aliphatic heterocycles. The lowest BCUT2D eigenvalue weighted by Gasteiger charge is -2.17. The molecule has 0 heterocycles. The summed E-state index contributed by atoms with van der Waals surface area (Å²) in [6, 6.07) is 5.99. The number of rotatable bonds is 7. The molecule has 0 aliphatic carbocycles. The first-order valence-electron chi connectivity index (χ1n) is 7.92. The van der Waals surface area contributed by atoms with Crippen LogP contribution in [0.25, 0.3) is 0 Å². The standard InChI is InChI=1S/C19H21F2NO4/c1-11(14-6-5-13(20)10-15(14)21)22-18(23)9-12-7-16(24-2)19(26-4)17(8-12)25-3/h5-8,10-11H,9H2,1-4H3,(H,22,23). The van der Waals surface area contributed by atoms with Crippen LogP contribution in [0.3, 0.4) is 0 Å². The number of hydrogen-bond donors (Lipinski definition) is 1. The van der Waals surface area contributed by atoms with Gasteiger partial charge in [-0.25, -0.2) is 8.78 Å². The summed E-state index contributed by atoms with van der Waals surface area (Å²) in [5, 5.41) is 2.69. The first kappa shape index (κ1) is 19.5. The molecule has 0 aromatic heterocycles. The van der Waals surface area contributed by atoms with E-state index in [9.17, 15) is 13.6 Å². The van der Waals surface area contributed by atoms with Crippen molar-refractivity contribution in [2.75, 3.05) is 21.3 Å². The molecule has 1 N–H and O–H groups in total. The minimum atomic E-state index is -0.703. The third kappa shape index (κ3) is 4.41. The summed E-state index contributed by atoms with van der Waals surface area (Å²) < 4.78 is 42.6. The Bertz CT molecular complexity index is 770. The molecule has 1 unspecified atom stereocenters. The van der Waals surface area contributed by atoms with E-state index >= 15 is 0 Å². The van der Waals surface area contributed by atoms with E-state index in [4.69, 9.17) is 14.2 Å². The van der Waals surface area contributed by atoms with Gasteiger partial charge >= 0.3 is 0 Å². The Morgan fingerprint density at radius 2 is 1.65 bits per heavy atom. The van der Waals surface area contributed by atoms with Crippen LogP contribution in [-0.4, -0.2) is 27.2 Å². The highest BCUT2D eigenvalue weighted by Gasteiger charge is 2.17. The predicted molar refractivity (Wildman–Crippen MR) is 92.7 cm³/mol. The van der Waals surface area contributed by atoms with Crippen LogP contribution in [0.1, 0.15) is 24.1 Å². The molecule has 7 heteroatoms. The lowest BCUT2D eigenvalue weighted by Crippen LogP contribution is -2.28. The minimum absolute atomic E-state index is 0.0316. The molecule has 0 fully saturated rings. The van der Waals surface area contributed by atoms with Crippen molar-refractivity contribution < 1.29 is 27.8 Å². The van der Waals surface area contributed by atoms with Crippen LogP contribution < -0.4 is 19.5 Å². The highest BCUT2D eigenvalue weighted by atomic mass is 19.1. The Morgan fingerprint density at radius 3 is 2.15 bits per heavy atom. The molecule has 1 amide bonds. The Kier molecular flexibility index (Phi) is 6.38. The van der Waals surface area contributed by atoms with Crippen LogP contribution in [0, 0.1) is 11.6 Å². The maximum atomic E-state index is 13.8. The molecule has 0 spiro atoms. The second-order valence-electron chi connectivity index (χ2n) is 5.67. The minimum Gasteiger partial charge on any atom is -0.493 e. The van der Waals surface area contributed by atoms with E-state index < -0.39 is 17.7 Å². The van der Waals surface area contributed by atoms with Gasteiger partial charge in [0.05, 0.1) is 33.8 Å². The maximum absolute atomic E-state index is 13.8. The van der Waals surface area contributed by atoms with E-state index in [-0.39, 0.29) is 17.9 Å². The zero-order valence-corrected chi connectivity index (χ0v) is 15.1. The monoisotopic (exact) mass is 365 g/mol. The van der Waals surface area contributed by atoms with Crippen LogP contribution in [0.5, 0.6) is 17.2 Å². The Labute approximate surface area is 150 Å². The van der Waals surface area contributed by atoms with Crippen molar-refractivity contribution in [1.82, 2.24) is 5.32 Å². The average molecular weight is 365 g/mol. The van der Waals surface area contributed by atoms with Crippen molar-refractivity contribution in [2.24, 2.45) is 0 Å². The molecule has 26 heavy (non-hydrogen) atoms. The number of amides is 1. The van der Waals surface area contributed by atoms with Crippen LogP contribution in [0.4, 0.5) is 8.78 Å². The fourth-order valence-corrected chi connectivity index (χ4v) is 2.65. The molecule has 0 saturated heterocycles. The zero-order valence-electron chi connectivity index (χ0n) is 15.1. The number of carbonyl (C=O) groups excluding carboxylic acids is 1. The highest BCUT2D eigenvalue weighted by molar-refractivity contribution is 5.79. The van der Waals surface area contributed by atoms with Crippen molar-refractivity contribution >= 4 is 5.91 Å². The van der Waals surface area contributed by atoms with Crippen molar-refractivity contribution in [2.45, 2.75) is 19.4 Å². The summed E-state index contributed by atoms with van der Waals surface area (Å²) in [4.78, 5) is 12.3. The van der Waals surface area contributed by atoms with Crippen molar-refractivity contribution in [1.29, 1.82) is 0 Å². The molecule has 2 rings (SSSR count). The van der Waals surface area contributed by atoms with Crippen LogP contribution in [0.2, 0.25) is 0 Å². The third-order valence-electron chi connectivity index (χ3n) is 3.90. The van der Waals surface area contributed by atoms with Gasteiger partial charge in [-0.05, 0) is 30.7 Å². The Balaban J connectivity index is 2.14. The normalized spacial score (nSPS) is 11.6. The van der Waals surface area contributed by atoms with Crippen LogP contribution in [0.15, 0.2) is 30.3 Å². The van der Waals surface area contributed by atoms with Gasteiger partial charge in [-0.2, -0.15) is 0 Å². The third-order valence-corrected chi connectivity index (χ3v) is 3.90. The van der Waals surface area contributed by atoms with Crippen LogP contribution in [-0.2, 0) is 11.2 Å². The number of methoxy groups -OCH3 is 3. The van der Waals surface area contributed by atoms with E-state index in [1.807, 2.05) is 0 Å². The summed E-state index contributed by atoms with van der Waals surface area (Å²) in [5.74, 6) is -0.385. The number of ether oxygens (including phenoxy) is 3. The second kappa shape index (κ2) is 8.51. The van der Waals surface area contributed by atoms with E-state index in [1.54, 1.807) is 19.1 Å². The summed E-state index contributed by atoms with van der Waals surface area (Å²) in [5.41, 5.74) is 0.855. The van der Waals surface area contributed by atoms with E-state index in [0.29, 0.717) is 22.8 Å². The molecular formula is C19H21F2NO4. The maximum Gasteiger partial charge on any atom is 0.224 e. The molecule has 0 aliphatic rings. The van der Waals surface area contributed by atoms with Gasteiger partial charge in [0, 0.05) is 11.6 Å². The fourth-order valence-electron chi connectivity index (χ4n) is 2.65. The number of hydrogen-bond acceptors (Lipinski definition) is 4. The lowest BCUT2D eigenvalue weighted by atomic mass is 10.1. The average Bonchev–Trinajstić information content (AvgIpc) is 2.60. The number of halogens is 2. The topological polar surface area (TPSA) is 56.8 Å².